The zero-order valence-corrected chi connectivity index (χ0v) is 12.1. The van der Waals surface area contributed by atoms with Crippen LogP contribution in [0.2, 0.25) is 0 Å². The van der Waals surface area contributed by atoms with E-state index in [-0.39, 0.29) is 24.7 Å². The second-order valence-corrected chi connectivity index (χ2v) is 6.27. The van der Waals surface area contributed by atoms with Crippen LogP contribution in [0.1, 0.15) is 16.1 Å². The lowest BCUT2D eigenvalue weighted by Crippen LogP contribution is -2.34. The molecule has 0 radical (unpaired) electrons. The predicted molar refractivity (Wildman–Crippen MR) is 78.1 cm³/mol. The van der Waals surface area contributed by atoms with Gasteiger partial charge in [-0.3, -0.25) is 4.79 Å². The molecule has 1 aromatic heterocycles. The van der Waals surface area contributed by atoms with Gasteiger partial charge in [0.25, 0.3) is 5.91 Å². The molecule has 1 heterocycles. The fourth-order valence-electron chi connectivity index (χ4n) is 1.66. The van der Waals surface area contributed by atoms with Crippen molar-refractivity contribution in [2.45, 2.75) is 6.54 Å². The van der Waals surface area contributed by atoms with Gasteiger partial charge in [0.05, 0.1) is 18.6 Å². The predicted octanol–water partition coefficient (Wildman–Crippen LogP) is 1.13. The van der Waals surface area contributed by atoms with Crippen LogP contribution in [0.4, 0.5) is 0 Å². The van der Waals surface area contributed by atoms with Crippen LogP contribution in [-0.4, -0.2) is 26.6 Å². The summed E-state index contributed by atoms with van der Waals surface area (Å²) in [5.74, 6) is 0.0514. The topological polar surface area (TPSA) is 88.4 Å². The molecule has 1 amide bonds. The van der Waals surface area contributed by atoms with Gasteiger partial charge in [-0.2, -0.15) is 0 Å². The third kappa shape index (κ3) is 5.05. The number of carbonyl (C=O) groups is 1. The van der Waals surface area contributed by atoms with Crippen molar-refractivity contribution >= 4 is 15.9 Å². The van der Waals surface area contributed by atoms with Crippen molar-refractivity contribution in [3.8, 4) is 0 Å². The van der Waals surface area contributed by atoms with E-state index in [1.165, 1.54) is 6.26 Å². The highest BCUT2D eigenvalue weighted by Crippen LogP contribution is 2.00. The summed E-state index contributed by atoms with van der Waals surface area (Å²) in [7, 11) is -3.46. The van der Waals surface area contributed by atoms with Crippen molar-refractivity contribution in [3.05, 3.63) is 60.1 Å². The van der Waals surface area contributed by atoms with Gasteiger partial charge in [0.1, 0.15) is 5.76 Å². The Bertz CT molecular complexity index is 666. The summed E-state index contributed by atoms with van der Waals surface area (Å²) in [6, 6.07) is 12.0. The average molecular weight is 308 g/mol. The quantitative estimate of drug-likeness (QED) is 0.802. The number of nitrogens with one attached hydrogen (secondary N) is 2. The van der Waals surface area contributed by atoms with E-state index in [2.05, 4.69) is 10.0 Å². The monoisotopic (exact) mass is 308 g/mol. The van der Waals surface area contributed by atoms with E-state index in [1.54, 1.807) is 42.5 Å². The van der Waals surface area contributed by atoms with E-state index in [1.807, 2.05) is 0 Å². The molecule has 2 aromatic rings. The second-order valence-electron chi connectivity index (χ2n) is 4.34. The minimum absolute atomic E-state index is 0.0429. The molecule has 6 nitrogen and oxygen atoms in total. The molecule has 112 valence electrons. The highest BCUT2D eigenvalue weighted by Gasteiger charge is 2.12. The normalized spacial score (nSPS) is 11.2. The molecule has 1 aromatic carbocycles. The molecule has 0 saturated carbocycles. The van der Waals surface area contributed by atoms with Gasteiger partial charge in [0, 0.05) is 12.1 Å². The largest absolute Gasteiger partial charge is 0.468 e. The fraction of sp³-hybridized carbons (Fsp3) is 0.214. The highest BCUT2D eigenvalue weighted by molar-refractivity contribution is 7.89. The summed E-state index contributed by atoms with van der Waals surface area (Å²) < 4.78 is 30.9. The molecule has 0 bridgehead atoms. The first-order valence-electron chi connectivity index (χ1n) is 6.40. The number of carbonyl (C=O) groups excluding carboxylic acids is 1. The second kappa shape index (κ2) is 7.05. The Balaban J connectivity index is 1.75. The molecule has 0 atom stereocenters. The van der Waals surface area contributed by atoms with Gasteiger partial charge in [-0.1, -0.05) is 18.2 Å². The van der Waals surface area contributed by atoms with Crippen molar-refractivity contribution in [2.75, 3.05) is 12.3 Å². The number of hydrogen-bond acceptors (Lipinski definition) is 4. The van der Waals surface area contributed by atoms with E-state index in [4.69, 9.17) is 4.42 Å². The highest BCUT2D eigenvalue weighted by atomic mass is 32.2. The molecule has 0 spiro atoms. The van der Waals surface area contributed by atoms with Crippen LogP contribution in [0.5, 0.6) is 0 Å². The van der Waals surface area contributed by atoms with Gasteiger partial charge in [0.15, 0.2) is 0 Å². The molecule has 0 fully saturated rings. The molecule has 0 unspecified atom stereocenters. The summed E-state index contributed by atoms with van der Waals surface area (Å²) in [6.07, 6.45) is 1.48. The van der Waals surface area contributed by atoms with E-state index in [0.29, 0.717) is 11.3 Å². The molecule has 21 heavy (non-hydrogen) atoms. The standard InChI is InChI=1S/C14H16N2O4S/c17-14(12-5-2-1-3-6-12)15-8-10-21(18,19)16-11-13-7-4-9-20-13/h1-7,9,16H,8,10-11H2,(H,15,17). The summed E-state index contributed by atoms with van der Waals surface area (Å²) >= 11 is 0. The number of rotatable bonds is 7. The van der Waals surface area contributed by atoms with Crippen molar-refractivity contribution < 1.29 is 17.6 Å². The molecule has 7 heteroatoms. The van der Waals surface area contributed by atoms with Crippen LogP contribution >= 0.6 is 0 Å². The Morgan fingerprint density at radius 1 is 1.10 bits per heavy atom. The summed E-state index contributed by atoms with van der Waals surface area (Å²) in [5.41, 5.74) is 0.499. The van der Waals surface area contributed by atoms with Gasteiger partial charge in [-0.05, 0) is 24.3 Å². The lowest BCUT2D eigenvalue weighted by molar-refractivity contribution is 0.0956. The van der Waals surface area contributed by atoms with Crippen molar-refractivity contribution in [2.24, 2.45) is 0 Å². The van der Waals surface area contributed by atoms with Gasteiger partial charge >= 0.3 is 0 Å². The van der Waals surface area contributed by atoms with Gasteiger partial charge < -0.3 is 9.73 Å². The van der Waals surface area contributed by atoms with Gasteiger partial charge in [-0.25, -0.2) is 13.1 Å². The van der Waals surface area contributed by atoms with Gasteiger partial charge in [0.2, 0.25) is 10.0 Å². The van der Waals surface area contributed by atoms with E-state index in [0.717, 1.165) is 0 Å². The van der Waals surface area contributed by atoms with Crippen LogP contribution in [0.3, 0.4) is 0 Å². The van der Waals surface area contributed by atoms with Crippen molar-refractivity contribution in [3.63, 3.8) is 0 Å². The van der Waals surface area contributed by atoms with Crippen LogP contribution in [0.15, 0.2) is 53.1 Å². The first-order valence-corrected chi connectivity index (χ1v) is 8.05. The van der Waals surface area contributed by atoms with Crippen molar-refractivity contribution in [1.29, 1.82) is 0 Å². The Hall–Kier alpha value is -2.12. The lowest BCUT2D eigenvalue weighted by atomic mass is 10.2. The molecule has 0 saturated heterocycles. The van der Waals surface area contributed by atoms with Crippen LogP contribution < -0.4 is 10.0 Å². The first kappa shape index (κ1) is 15.3. The summed E-state index contributed by atoms with van der Waals surface area (Å²) in [4.78, 5) is 11.7. The molecule has 2 rings (SSSR count). The first-order chi connectivity index (χ1) is 10.1. The summed E-state index contributed by atoms with van der Waals surface area (Å²) in [5, 5.41) is 2.57. The maximum atomic E-state index is 11.7. The fourth-order valence-corrected chi connectivity index (χ4v) is 2.53. The lowest BCUT2D eigenvalue weighted by Gasteiger charge is -2.07. The Labute approximate surface area is 123 Å². The Kier molecular flexibility index (Phi) is 5.13. The van der Waals surface area contributed by atoms with Crippen LogP contribution in [0.25, 0.3) is 0 Å². The number of furan rings is 1. The van der Waals surface area contributed by atoms with E-state index < -0.39 is 10.0 Å². The molecule has 0 aliphatic heterocycles. The third-order valence-corrected chi connectivity index (χ3v) is 4.06. The number of sulfonamides is 1. The van der Waals surface area contributed by atoms with Gasteiger partial charge in [-0.15, -0.1) is 0 Å². The van der Waals surface area contributed by atoms with Crippen LogP contribution in [0, 0.1) is 0 Å². The van der Waals surface area contributed by atoms with E-state index in [9.17, 15) is 13.2 Å². The smallest absolute Gasteiger partial charge is 0.251 e. The number of benzene rings is 1. The SMILES string of the molecule is O=C(NCCS(=O)(=O)NCc1ccco1)c1ccccc1. The van der Waals surface area contributed by atoms with E-state index >= 15 is 0 Å². The number of amides is 1. The minimum Gasteiger partial charge on any atom is -0.468 e. The average Bonchev–Trinajstić information content (AvgIpc) is 2.99. The van der Waals surface area contributed by atoms with Crippen molar-refractivity contribution in [1.82, 2.24) is 10.0 Å². The maximum absolute atomic E-state index is 11.7. The maximum Gasteiger partial charge on any atom is 0.251 e. The Morgan fingerprint density at radius 2 is 1.86 bits per heavy atom. The minimum atomic E-state index is -3.46. The molecule has 2 N–H and O–H groups in total. The third-order valence-electron chi connectivity index (χ3n) is 2.74. The Morgan fingerprint density at radius 3 is 2.52 bits per heavy atom. The zero-order chi connectivity index (χ0) is 15.1. The summed E-state index contributed by atoms with van der Waals surface area (Å²) in [6.45, 7) is 0.142. The van der Waals surface area contributed by atoms with Crippen LogP contribution in [-0.2, 0) is 16.6 Å². The zero-order valence-electron chi connectivity index (χ0n) is 11.3. The molecule has 0 aliphatic carbocycles. The number of hydrogen-bond donors (Lipinski definition) is 2. The molecule has 0 aliphatic rings. The molecular formula is C14H16N2O4S. The molecular weight excluding hydrogens is 292 g/mol.